The number of carbonyl (C=O) groups excluding carboxylic acids is 2. The van der Waals surface area contributed by atoms with Crippen LogP contribution in [0.4, 0.5) is 0 Å². The number of carbonyl (C=O) groups is 2. The van der Waals surface area contributed by atoms with E-state index in [1.165, 1.54) is 7.11 Å². The topological polar surface area (TPSA) is 81.4 Å². The number of nitrogens with two attached hydrogens (primary N) is 1. The molecular weight excluding hydrogens is 232 g/mol. The Labute approximate surface area is 107 Å². The highest BCUT2D eigenvalue weighted by Gasteiger charge is 2.38. The highest BCUT2D eigenvalue weighted by molar-refractivity contribution is 5.85. The van der Waals surface area contributed by atoms with E-state index in [-0.39, 0.29) is 29.8 Å². The van der Waals surface area contributed by atoms with Crippen molar-refractivity contribution >= 4 is 11.9 Å². The van der Waals surface area contributed by atoms with Gasteiger partial charge >= 0.3 is 5.97 Å². The lowest BCUT2D eigenvalue weighted by Crippen LogP contribution is -2.44. The van der Waals surface area contributed by atoms with Gasteiger partial charge in [-0.05, 0) is 37.5 Å². The second-order valence-corrected chi connectivity index (χ2v) is 5.46. The molecule has 2 saturated carbocycles. The number of rotatable bonds is 5. The van der Waals surface area contributed by atoms with Gasteiger partial charge in [0.15, 0.2) is 0 Å². The standard InChI is InChI=1S/C13H22N2O3/c1-18-13(17)12(8-5-6-8)15-11(16)7-9-3-2-4-10(9)14/h8-10,12H,2-7,14H2,1H3,(H,15,16)/t9-,10+,12?/m0/s1. The molecule has 102 valence electrons. The van der Waals surface area contributed by atoms with E-state index in [0.29, 0.717) is 6.42 Å². The quantitative estimate of drug-likeness (QED) is 0.703. The van der Waals surface area contributed by atoms with E-state index in [0.717, 1.165) is 32.1 Å². The third-order valence-electron chi connectivity index (χ3n) is 4.03. The van der Waals surface area contributed by atoms with Crippen molar-refractivity contribution in [2.45, 2.75) is 50.6 Å². The van der Waals surface area contributed by atoms with Gasteiger partial charge in [-0.3, -0.25) is 4.79 Å². The molecule has 18 heavy (non-hydrogen) atoms. The minimum absolute atomic E-state index is 0.0698. The molecule has 0 aromatic rings. The molecular formula is C13H22N2O3. The van der Waals surface area contributed by atoms with Crippen molar-refractivity contribution in [1.29, 1.82) is 0 Å². The summed E-state index contributed by atoms with van der Waals surface area (Å²) in [4.78, 5) is 23.5. The third kappa shape index (κ3) is 3.22. The number of esters is 1. The van der Waals surface area contributed by atoms with Crippen molar-refractivity contribution in [2.75, 3.05) is 7.11 Å². The average molecular weight is 254 g/mol. The number of hydrogen-bond acceptors (Lipinski definition) is 4. The maximum absolute atomic E-state index is 11.9. The molecule has 0 aliphatic heterocycles. The van der Waals surface area contributed by atoms with E-state index in [4.69, 9.17) is 10.5 Å². The van der Waals surface area contributed by atoms with Gasteiger partial charge in [0.2, 0.25) is 5.91 Å². The molecule has 5 heteroatoms. The number of methoxy groups -OCH3 is 1. The van der Waals surface area contributed by atoms with Gasteiger partial charge in [0.25, 0.3) is 0 Å². The van der Waals surface area contributed by atoms with Crippen molar-refractivity contribution in [1.82, 2.24) is 5.32 Å². The number of hydrogen-bond donors (Lipinski definition) is 2. The second kappa shape index (κ2) is 5.69. The Balaban J connectivity index is 1.83. The summed E-state index contributed by atoms with van der Waals surface area (Å²) in [5.74, 6) is 0.127. The second-order valence-electron chi connectivity index (χ2n) is 5.46. The van der Waals surface area contributed by atoms with Gasteiger partial charge in [0.05, 0.1) is 7.11 Å². The van der Waals surface area contributed by atoms with Crippen molar-refractivity contribution in [3.8, 4) is 0 Å². The van der Waals surface area contributed by atoms with E-state index < -0.39 is 6.04 Å². The zero-order valence-electron chi connectivity index (χ0n) is 10.9. The van der Waals surface area contributed by atoms with Gasteiger partial charge in [-0.2, -0.15) is 0 Å². The first-order valence-corrected chi connectivity index (χ1v) is 6.74. The third-order valence-corrected chi connectivity index (χ3v) is 4.03. The van der Waals surface area contributed by atoms with Gasteiger partial charge < -0.3 is 15.8 Å². The molecule has 0 saturated heterocycles. The van der Waals surface area contributed by atoms with Crippen LogP contribution < -0.4 is 11.1 Å². The smallest absolute Gasteiger partial charge is 0.328 e. The van der Waals surface area contributed by atoms with Crippen LogP contribution >= 0.6 is 0 Å². The predicted octanol–water partition coefficient (Wildman–Crippen LogP) is 0.572. The van der Waals surface area contributed by atoms with Crippen LogP contribution in [-0.2, 0) is 14.3 Å². The van der Waals surface area contributed by atoms with Crippen molar-refractivity contribution in [3.63, 3.8) is 0 Å². The van der Waals surface area contributed by atoms with Crippen LogP contribution in [0.2, 0.25) is 0 Å². The van der Waals surface area contributed by atoms with Crippen LogP contribution in [0.1, 0.15) is 38.5 Å². The fraction of sp³-hybridized carbons (Fsp3) is 0.846. The molecule has 0 bridgehead atoms. The number of amides is 1. The molecule has 2 aliphatic rings. The normalized spacial score (nSPS) is 28.8. The average Bonchev–Trinajstić information content (AvgIpc) is 3.11. The molecule has 5 nitrogen and oxygen atoms in total. The zero-order chi connectivity index (χ0) is 13.1. The van der Waals surface area contributed by atoms with Gasteiger partial charge in [0.1, 0.15) is 6.04 Å². The summed E-state index contributed by atoms with van der Waals surface area (Å²) in [5.41, 5.74) is 5.94. The minimum Gasteiger partial charge on any atom is -0.467 e. The van der Waals surface area contributed by atoms with Gasteiger partial charge in [-0.25, -0.2) is 4.79 Å². The molecule has 0 spiro atoms. The SMILES string of the molecule is COC(=O)C(NC(=O)C[C@@H]1CCC[C@H]1N)C1CC1. The zero-order valence-corrected chi connectivity index (χ0v) is 10.9. The maximum Gasteiger partial charge on any atom is 0.328 e. The van der Waals surface area contributed by atoms with Crippen LogP contribution in [0, 0.1) is 11.8 Å². The Morgan fingerprint density at radius 3 is 2.56 bits per heavy atom. The summed E-state index contributed by atoms with van der Waals surface area (Å²) in [6.45, 7) is 0. The van der Waals surface area contributed by atoms with Crippen molar-refractivity contribution < 1.29 is 14.3 Å². The Hall–Kier alpha value is -1.10. The number of ether oxygens (including phenoxy) is 1. The summed E-state index contributed by atoms with van der Waals surface area (Å²) in [6.07, 6.45) is 5.53. The van der Waals surface area contributed by atoms with E-state index in [1.807, 2.05) is 0 Å². The molecule has 1 amide bonds. The Morgan fingerprint density at radius 2 is 2.06 bits per heavy atom. The van der Waals surface area contributed by atoms with Crippen LogP contribution in [0.15, 0.2) is 0 Å². The molecule has 0 radical (unpaired) electrons. The summed E-state index contributed by atoms with van der Waals surface area (Å²) >= 11 is 0. The van der Waals surface area contributed by atoms with Crippen LogP contribution in [0.25, 0.3) is 0 Å². The highest BCUT2D eigenvalue weighted by atomic mass is 16.5. The monoisotopic (exact) mass is 254 g/mol. The fourth-order valence-corrected chi connectivity index (χ4v) is 2.72. The molecule has 0 heterocycles. The molecule has 1 unspecified atom stereocenters. The Morgan fingerprint density at radius 1 is 1.33 bits per heavy atom. The predicted molar refractivity (Wildman–Crippen MR) is 66.6 cm³/mol. The first kappa shape index (κ1) is 13.3. The first-order valence-electron chi connectivity index (χ1n) is 6.74. The summed E-state index contributed by atoms with van der Waals surface area (Å²) in [6, 6.07) is -0.326. The fourth-order valence-electron chi connectivity index (χ4n) is 2.72. The van der Waals surface area contributed by atoms with Gasteiger partial charge in [0, 0.05) is 12.5 Å². The Kier molecular flexibility index (Phi) is 4.22. The van der Waals surface area contributed by atoms with Gasteiger partial charge in [-0.15, -0.1) is 0 Å². The van der Waals surface area contributed by atoms with Gasteiger partial charge in [-0.1, -0.05) is 6.42 Å². The van der Waals surface area contributed by atoms with E-state index in [2.05, 4.69) is 5.32 Å². The lowest BCUT2D eigenvalue weighted by molar-refractivity contribution is -0.145. The van der Waals surface area contributed by atoms with Crippen LogP contribution in [-0.4, -0.2) is 31.1 Å². The summed E-state index contributed by atoms with van der Waals surface area (Å²) in [5, 5.41) is 2.81. The van der Waals surface area contributed by atoms with Crippen LogP contribution in [0.3, 0.4) is 0 Å². The van der Waals surface area contributed by atoms with Crippen LogP contribution in [0.5, 0.6) is 0 Å². The first-order chi connectivity index (χ1) is 8.61. The molecule has 0 aromatic carbocycles. The van der Waals surface area contributed by atoms with E-state index in [1.54, 1.807) is 0 Å². The Bertz CT molecular complexity index is 328. The molecule has 0 aromatic heterocycles. The largest absolute Gasteiger partial charge is 0.467 e. The molecule has 2 rings (SSSR count). The number of nitrogens with one attached hydrogen (secondary N) is 1. The highest BCUT2D eigenvalue weighted by Crippen LogP contribution is 2.33. The van der Waals surface area contributed by atoms with Crippen molar-refractivity contribution in [2.24, 2.45) is 17.6 Å². The minimum atomic E-state index is -0.458. The molecule has 2 aliphatic carbocycles. The molecule has 3 N–H and O–H groups in total. The van der Waals surface area contributed by atoms with E-state index in [9.17, 15) is 9.59 Å². The molecule has 3 atom stereocenters. The summed E-state index contributed by atoms with van der Waals surface area (Å²) in [7, 11) is 1.36. The maximum atomic E-state index is 11.9. The lowest BCUT2D eigenvalue weighted by atomic mass is 9.99. The molecule has 2 fully saturated rings. The van der Waals surface area contributed by atoms with Crippen molar-refractivity contribution in [3.05, 3.63) is 0 Å². The lowest BCUT2D eigenvalue weighted by Gasteiger charge is -2.19. The van der Waals surface area contributed by atoms with E-state index >= 15 is 0 Å². The summed E-state index contributed by atoms with van der Waals surface area (Å²) < 4.78 is 4.73.